The number of hydrogen-bond donors (Lipinski definition) is 3. The molecule has 1 heterocycles. The van der Waals surface area contributed by atoms with Gasteiger partial charge in [0.25, 0.3) is 0 Å². The van der Waals surface area contributed by atoms with Gasteiger partial charge in [0.2, 0.25) is 0 Å². The van der Waals surface area contributed by atoms with Gasteiger partial charge in [-0.05, 0) is 33.2 Å². The molecular weight excluding hydrogens is 199 g/mol. The van der Waals surface area contributed by atoms with Gasteiger partial charge in [-0.2, -0.15) is 0 Å². The first-order valence-corrected chi connectivity index (χ1v) is 5.26. The minimum Gasteiger partial charge on any atom is -0.465 e. The fourth-order valence-corrected chi connectivity index (χ4v) is 2.09. The molecule has 3 N–H and O–H groups in total. The zero-order valence-corrected chi connectivity index (χ0v) is 9.22. The molecule has 0 unspecified atom stereocenters. The molecule has 0 saturated carbocycles. The Morgan fingerprint density at radius 3 is 2.87 bits per heavy atom. The first-order valence-electron chi connectivity index (χ1n) is 5.26. The van der Waals surface area contributed by atoms with Crippen LogP contribution in [0.25, 0.3) is 0 Å². The molecule has 0 aliphatic carbocycles. The van der Waals surface area contributed by atoms with Gasteiger partial charge in [0, 0.05) is 18.0 Å². The lowest BCUT2D eigenvalue weighted by atomic mass is 9.85. The SMILES string of the molecule is CC(C)(C[C@@H]1CNCC[C@H]1F)NC(=O)O. The van der Waals surface area contributed by atoms with Crippen LogP contribution in [-0.4, -0.2) is 36.0 Å². The van der Waals surface area contributed by atoms with E-state index < -0.39 is 17.8 Å². The molecule has 1 aliphatic rings. The Morgan fingerprint density at radius 1 is 1.67 bits per heavy atom. The van der Waals surface area contributed by atoms with E-state index in [4.69, 9.17) is 5.11 Å². The van der Waals surface area contributed by atoms with Crippen LogP contribution < -0.4 is 10.6 Å². The van der Waals surface area contributed by atoms with Crippen molar-refractivity contribution in [2.24, 2.45) is 5.92 Å². The van der Waals surface area contributed by atoms with Gasteiger partial charge in [-0.15, -0.1) is 0 Å². The Morgan fingerprint density at radius 2 is 2.33 bits per heavy atom. The van der Waals surface area contributed by atoms with Crippen molar-refractivity contribution in [3.63, 3.8) is 0 Å². The highest BCUT2D eigenvalue weighted by Crippen LogP contribution is 2.24. The molecule has 1 rings (SSSR count). The summed E-state index contributed by atoms with van der Waals surface area (Å²) in [4.78, 5) is 10.5. The number of rotatable bonds is 3. The minimum atomic E-state index is -1.06. The van der Waals surface area contributed by atoms with Gasteiger partial charge in [-0.25, -0.2) is 9.18 Å². The third-order valence-electron chi connectivity index (χ3n) is 2.73. The second-order valence-electron chi connectivity index (χ2n) is 4.79. The van der Waals surface area contributed by atoms with Gasteiger partial charge in [-0.3, -0.25) is 0 Å². The van der Waals surface area contributed by atoms with Gasteiger partial charge in [0.1, 0.15) is 6.17 Å². The van der Waals surface area contributed by atoms with E-state index in [1.165, 1.54) is 0 Å². The molecule has 88 valence electrons. The summed E-state index contributed by atoms with van der Waals surface area (Å²) in [5.41, 5.74) is -0.570. The third-order valence-corrected chi connectivity index (χ3v) is 2.73. The minimum absolute atomic E-state index is 0.0967. The van der Waals surface area contributed by atoms with Crippen molar-refractivity contribution >= 4 is 6.09 Å². The summed E-state index contributed by atoms with van der Waals surface area (Å²) >= 11 is 0. The van der Waals surface area contributed by atoms with E-state index in [0.29, 0.717) is 25.9 Å². The first-order chi connectivity index (χ1) is 6.91. The monoisotopic (exact) mass is 218 g/mol. The Kier molecular flexibility index (Phi) is 3.90. The summed E-state index contributed by atoms with van der Waals surface area (Å²) in [5, 5.41) is 14.2. The molecular formula is C10H19FN2O2. The zero-order chi connectivity index (χ0) is 11.5. The van der Waals surface area contributed by atoms with Gasteiger partial charge < -0.3 is 15.7 Å². The average molecular weight is 218 g/mol. The molecule has 15 heavy (non-hydrogen) atoms. The Hall–Kier alpha value is -0.840. The standard InChI is InChI=1S/C10H19FN2O2/c1-10(2,13-9(14)15)5-7-6-12-4-3-8(7)11/h7-8,12-13H,3-6H2,1-2H3,(H,14,15)/t7-,8-/m1/s1. The lowest BCUT2D eigenvalue weighted by molar-refractivity contribution is 0.133. The second-order valence-corrected chi connectivity index (χ2v) is 4.79. The number of carbonyl (C=O) groups is 1. The van der Waals surface area contributed by atoms with Crippen molar-refractivity contribution in [3.8, 4) is 0 Å². The van der Waals surface area contributed by atoms with E-state index in [1.54, 1.807) is 13.8 Å². The van der Waals surface area contributed by atoms with E-state index in [9.17, 15) is 9.18 Å². The van der Waals surface area contributed by atoms with Crippen LogP contribution in [0.4, 0.5) is 9.18 Å². The van der Waals surface area contributed by atoms with Crippen LogP contribution >= 0.6 is 0 Å². The fraction of sp³-hybridized carbons (Fsp3) is 0.900. The van der Waals surface area contributed by atoms with Crippen molar-refractivity contribution in [3.05, 3.63) is 0 Å². The van der Waals surface area contributed by atoms with Crippen LogP contribution in [0.15, 0.2) is 0 Å². The summed E-state index contributed by atoms with van der Waals surface area (Å²) in [6, 6.07) is 0. The molecule has 5 heteroatoms. The van der Waals surface area contributed by atoms with Crippen LogP contribution in [-0.2, 0) is 0 Å². The smallest absolute Gasteiger partial charge is 0.405 e. The molecule has 1 amide bonds. The van der Waals surface area contributed by atoms with Crippen LogP contribution in [0.1, 0.15) is 26.7 Å². The molecule has 0 bridgehead atoms. The van der Waals surface area contributed by atoms with Crippen molar-refractivity contribution in [1.82, 2.24) is 10.6 Å². The maximum absolute atomic E-state index is 13.5. The molecule has 2 atom stereocenters. The molecule has 1 aliphatic heterocycles. The second kappa shape index (κ2) is 4.79. The maximum atomic E-state index is 13.5. The van der Waals surface area contributed by atoms with Gasteiger partial charge >= 0.3 is 6.09 Å². The summed E-state index contributed by atoms with van der Waals surface area (Å²) in [6.07, 6.45) is -0.832. The molecule has 1 saturated heterocycles. The number of piperidine rings is 1. The molecule has 0 aromatic heterocycles. The Balaban J connectivity index is 2.47. The van der Waals surface area contributed by atoms with E-state index in [-0.39, 0.29) is 5.92 Å². The Labute approximate surface area is 89.2 Å². The van der Waals surface area contributed by atoms with Crippen LogP contribution in [0.3, 0.4) is 0 Å². The largest absolute Gasteiger partial charge is 0.465 e. The number of carboxylic acid groups (broad SMARTS) is 1. The van der Waals surface area contributed by atoms with Crippen LogP contribution in [0.5, 0.6) is 0 Å². The van der Waals surface area contributed by atoms with Gasteiger partial charge in [0.15, 0.2) is 0 Å². The average Bonchev–Trinajstić information content (AvgIpc) is 2.06. The number of halogens is 1. The molecule has 0 aromatic carbocycles. The van der Waals surface area contributed by atoms with Crippen molar-refractivity contribution in [2.45, 2.75) is 38.4 Å². The first kappa shape index (κ1) is 12.2. The van der Waals surface area contributed by atoms with Crippen LogP contribution in [0.2, 0.25) is 0 Å². The topological polar surface area (TPSA) is 61.4 Å². The predicted octanol–water partition coefficient (Wildman–Crippen LogP) is 1.37. The van der Waals surface area contributed by atoms with Gasteiger partial charge in [-0.1, -0.05) is 0 Å². The summed E-state index contributed by atoms with van der Waals surface area (Å²) in [5.74, 6) is -0.0967. The number of alkyl halides is 1. The third kappa shape index (κ3) is 4.03. The van der Waals surface area contributed by atoms with E-state index in [1.807, 2.05) is 0 Å². The van der Waals surface area contributed by atoms with Gasteiger partial charge in [0.05, 0.1) is 0 Å². The number of nitrogens with one attached hydrogen (secondary N) is 2. The van der Waals surface area contributed by atoms with E-state index >= 15 is 0 Å². The lowest BCUT2D eigenvalue weighted by Crippen LogP contribution is -2.48. The van der Waals surface area contributed by atoms with Crippen LogP contribution in [0, 0.1) is 5.92 Å². The van der Waals surface area contributed by atoms with E-state index in [0.717, 1.165) is 0 Å². The zero-order valence-electron chi connectivity index (χ0n) is 9.22. The molecule has 0 aromatic rings. The molecule has 4 nitrogen and oxygen atoms in total. The number of hydrogen-bond acceptors (Lipinski definition) is 2. The van der Waals surface area contributed by atoms with Crippen molar-refractivity contribution < 1.29 is 14.3 Å². The summed E-state index contributed by atoms with van der Waals surface area (Å²) in [7, 11) is 0. The Bertz CT molecular complexity index is 233. The maximum Gasteiger partial charge on any atom is 0.405 e. The highest BCUT2D eigenvalue weighted by molar-refractivity contribution is 5.65. The highest BCUT2D eigenvalue weighted by atomic mass is 19.1. The predicted molar refractivity (Wildman–Crippen MR) is 55.7 cm³/mol. The lowest BCUT2D eigenvalue weighted by Gasteiger charge is -2.34. The highest BCUT2D eigenvalue weighted by Gasteiger charge is 2.31. The summed E-state index contributed by atoms with van der Waals surface area (Å²) in [6.45, 7) is 4.90. The van der Waals surface area contributed by atoms with E-state index in [2.05, 4.69) is 10.6 Å². The fourth-order valence-electron chi connectivity index (χ4n) is 2.09. The normalized spacial score (nSPS) is 27.4. The van der Waals surface area contributed by atoms with Crippen molar-refractivity contribution in [2.75, 3.05) is 13.1 Å². The quantitative estimate of drug-likeness (QED) is 0.670. The molecule has 0 spiro atoms. The summed E-state index contributed by atoms with van der Waals surface area (Å²) < 4.78 is 13.5. The molecule has 1 fully saturated rings. The number of amides is 1. The van der Waals surface area contributed by atoms with Crippen molar-refractivity contribution in [1.29, 1.82) is 0 Å². The molecule has 0 radical (unpaired) electrons.